The Bertz CT molecular complexity index is 188. The number of rotatable bonds is 1. The number of carbonyl (C=O) groups excluding carboxylic acids is 1. The van der Waals surface area contributed by atoms with E-state index in [1.807, 2.05) is 20.8 Å². The lowest BCUT2D eigenvalue weighted by atomic mass is 10.2. The summed E-state index contributed by atoms with van der Waals surface area (Å²) in [7, 11) is 0. The lowest BCUT2D eigenvalue weighted by Crippen LogP contribution is -2.28. The lowest BCUT2D eigenvalue weighted by molar-refractivity contribution is 0.0410. The van der Waals surface area contributed by atoms with Gasteiger partial charge >= 0.3 is 6.09 Å². The molecule has 1 saturated heterocycles. The van der Waals surface area contributed by atoms with Crippen molar-refractivity contribution in [1.29, 1.82) is 0 Å². The first-order valence-corrected chi connectivity index (χ1v) is 4.53. The van der Waals surface area contributed by atoms with Crippen molar-refractivity contribution in [3.05, 3.63) is 0 Å². The first kappa shape index (κ1) is 9.65. The topological polar surface area (TPSA) is 29.3 Å². The van der Waals surface area contributed by atoms with Crippen LogP contribution in [0.1, 0.15) is 20.8 Å². The van der Waals surface area contributed by atoms with Crippen LogP contribution in [0.3, 0.4) is 0 Å². The summed E-state index contributed by atoms with van der Waals surface area (Å²) in [5, 5.41) is 0. The molecule has 0 aromatic rings. The standard InChI is InChI=1S/C8H14ClNO2/c1-8(2,3)12-7(11)10-5-6(10)4-9/h6H,4-5H2,1-3H3/t6-,10?/m0/s1. The highest BCUT2D eigenvalue weighted by molar-refractivity contribution is 6.18. The van der Waals surface area contributed by atoms with E-state index in [0.29, 0.717) is 5.88 Å². The van der Waals surface area contributed by atoms with Gasteiger partial charge in [-0.05, 0) is 20.8 Å². The summed E-state index contributed by atoms with van der Waals surface area (Å²) < 4.78 is 5.12. The van der Waals surface area contributed by atoms with Crippen molar-refractivity contribution in [1.82, 2.24) is 4.90 Å². The molecule has 0 unspecified atom stereocenters. The minimum absolute atomic E-state index is 0.196. The molecule has 1 fully saturated rings. The van der Waals surface area contributed by atoms with Gasteiger partial charge in [0.2, 0.25) is 0 Å². The van der Waals surface area contributed by atoms with E-state index in [1.54, 1.807) is 4.90 Å². The van der Waals surface area contributed by atoms with Crippen molar-refractivity contribution >= 4 is 17.7 Å². The predicted octanol–water partition coefficient (Wildman–Crippen LogP) is 1.84. The maximum Gasteiger partial charge on any atom is 0.410 e. The number of halogens is 1. The van der Waals surface area contributed by atoms with Gasteiger partial charge in [-0.25, -0.2) is 4.79 Å². The fraction of sp³-hybridized carbons (Fsp3) is 0.875. The Hall–Kier alpha value is -0.440. The molecule has 0 radical (unpaired) electrons. The monoisotopic (exact) mass is 191 g/mol. The quantitative estimate of drug-likeness (QED) is 0.468. The third kappa shape index (κ3) is 2.55. The Balaban J connectivity index is 2.32. The van der Waals surface area contributed by atoms with E-state index < -0.39 is 5.60 Å². The first-order valence-electron chi connectivity index (χ1n) is 3.99. The van der Waals surface area contributed by atoms with Gasteiger partial charge in [0, 0.05) is 12.4 Å². The van der Waals surface area contributed by atoms with Crippen molar-refractivity contribution in [2.45, 2.75) is 32.4 Å². The van der Waals surface area contributed by atoms with Crippen LogP contribution in [0.25, 0.3) is 0 Å². The zero-order valence-electron chi connectivity index (χ0n) is 7.63. The van der Waals surface area contributed by atoms with Crippen LogP contribution in [0.15, 0.2) is 0 Å². The highest BCUT2D eigenvalue weighted by Crippen LogP contribution is 2.22. The maximum atomic E-state index is 11.2. The summed E-state index contributed by atoms with van der Waals surface area (Å²) in [6, 6.07) is 0.196. The lowest BCUT2D eigenvalue weighted by Gasteiger charge is -2.19. The van der Waals surface area contributed by atoms with Crippen LogP contribution in [0, 0.1) is 0 Å². The number of ether oxygens (including phenoxy) is 1. The Morgan fingerprint density at radius 2 is 2.25 bits per heavy atom. The molecule has 1 heterocycles. The summed E-state index contributed by atoms with van der Waals surface area (Å²) in [5.41, 5.74) is -0.406. The summed E-state index contributed by atoms with van der Waals surface area (Å²) >= 11 is 5.56. The van der Waals surface area contributed by atoms with Gasteiger partial charge in [-0.1, -0.05) is 0 Å². The maximum absolute atomic E-state index is 11.2. The largest absolute Gasteiger partial charge is 0.444 e. The van der Waals surface area contributed by atoms with E-state index in [2.05, 4.69) is 0 Å². The normalized spacial score (nSPS) is 22.3. The van der Waals surface area contributed by atoms with Crippen molar-refractivity contribution in [3.8, 4) is 0 Å². The van der Waals surface area contributed by atoms with E-state index in [-0.39, 0.29) is 12.1 Å². The average Bonchev–Trinajstić information content (AvgIpc) is 2.60. The third-order valence-corrected chi connectivity index (χ3v) is 1.88. The molecule has 0 N–H and O–H groups in total. The van der Waals surface area contributed by atoms with Crippen LogP contribution in [-0.4, -0.2) is 35.1 Å². The third-order valence-electron chi connectivity index (χ3n) is 1.52. The second kappa shape index (κ2) is 3.13. The van der Waals surface area contributed by atoms with Gasteiger partial charge in [-0.2, -0.15) is 0 Å². The minimum atomic E-state index is -0.406. The molecule has 0 aromatic carbocycles. The smallest absolute Gasteiger partial charge is 0.410 e. The molecule has 12 heavy (non-hydrogen) atoms. The Morgan fingerprint density at radius 3 is 2.58 bits per heavy atom. The highest BCUT2D eigenvalue weighted by Gasteiger charge is 2.40. The van der Waals surface area contributed by atoms with Gasteiger partial charge in [0.05, 0.1) is 6.04 Å². The Morgan fingerprint density at radius 1 is 1.67 bits per heavy atom. The Labute approximate surface area is 77.6 Å². The van der Waals surface area contributed by atoms with Crippen LogP contribution in [0.2, 0.25) is 0 Å². The molecule has 1 atom stereocenters. The van der Waals surface area contributed by atoms with Crippen molar-refractivity contribution < 1.29 is 9.53 Å². The summed E-state index contributed by atoms with van der Waals surface area (Å²) in [6.45, 7) is 6.29. The molecule has 1 aliphatic heterocycles. The van der Waals surface area contributed by atoms with Crippen molar-refractivity contribution in [2.24, 2.45) is 0 Å². The van der Waals surface area contributed by atoms with Crippen LogP contribution in [-0.2, 0) is 4.74 Å². The van der Waals surface area contributed by atoms with E-state index >= 15 is 0 Å². The Kier molecular flexibility index (Phi) is 2.52. The number of amides is 1. The van der Waals surface area contributed by atoms with Crippen LogP contribution in [0.5, 0.6) is 0 Å². The number of nitrogens with zero attached hydrogens (tertiary/aromatic N) is 1. The molecule has 1 amide bonds. The van der Waals surface area contributed by atoms with Gasteiger partial charge in [-0.15, -0.1) is 11.6 Å². The summed E-state index contributed by atoms with van der Waals surface area (Å²) in [6.07, 6.45) is -0.256. The number of carbonyl (C=O) groups is 1. The molecule has 4 heteroatoms. The fourth-order valence-corrected chi connectivity index (χ4v) is 1.12. The van der Waals surface area contributed by atoms with Crippen LogP contribution >= 0.6 is 11.6 Å². The van der Waals surface area contributed by atoms with E-state index in [4.69, 9.17) is 16.3 Å². The molecular weight excluding hydrogens is 178 g/mol. The molecule has 1 aliphatic rings. The zero-order chi connectivity index (χ0) is 9.35. The highest BCUT2D eigenvalue weighted by atomic mass is 35.5. The molecule has 70 valence electrons. The number of alkyl halides is 1. The molecule has 0 aliphatic carbocycles. The predicted molar refractivity (Wildman–Crippen MR) is 47.4 cm³/mol. The molecule has 0 spiro atoms. The second-order valence-electron chi connectivity index (χ2n) is 3.94. The molecule has 0 bridgehead atoms. The molecular formula is C8H14ClNO2. The number of hydrogen-bond donors (Lipinski definition) is 0. The van der Waals surface area contributed by atoms with Gasteiger partial charge < -0.3 is 9.64 Å². The minimum Gasteiger partial charge on any atom is -0.444 e. The van der Waals surface area contributed by atoms with E-state index in [9.17, 15) is 4.79 Å². The fourth-order valence-electron chi connectivity index (χ4n) is 0.856. The zero-order valence-corrected chi connectivity index (χ0v) is 8.39. The van der Waals surface area contributed by atoms with Gasteiger partial charge in [0.15, 0.2) is 0 Å². The number of hydrogen-bond acceptors (Lipinski definition) is 2. The van der Waals surface area contributed by atoms with Crippen molar-refractivity contribution in [3.63, 3.8) is 0 Å². The molecule has 3 nitrogen and oxygen atoms in total. The van der Waals surface area contributed by atoms with Crippen LogP contribution < -0.4 is 0 Å². The van der Waals surface area contributed by atoms with E-state index in [1.165, 1.54) is 0 Å². The van der Waals surface area contributed by atoms with Crippen molar-refractivity contribution in [2.75, 3.05) is 12.4 Å². The van der Waals surface area contributed by atoms with E-state index in [0.717, 1.165) is 6.54 Å². The van der Waals surface area contributed by atoms with Crippen LogP contribution in [0.4, 0.5) is 4.79 Å². The SMILES string of the molecule is CC(C)(C)OC(=O)N1C[C@@H]1CCl. The average molecular weight is 192 g/mol. The molecule has 0 aromatic heterocycles. The second-order valence-corrected chi connectivity index (χ2v) is 4.25. The molecule has 0 saturated carbocycles. The van der Waals surface area contributed by atoms with Gasteiger partial charge in [0.25, 0.3) is 0 Å². The molecule has 1 rings (SSSR count). The first-order chi connectivity index (χ1) is 5.44. The summed E-state index contributed by atoms with van der Waals surface area (Å²) in [5.74, 6) is 0.499. The van der Waals surface area contributed by atoms with Gasteiger partial charge in [0.1, 0.15) is 5.60 Å². The van der Waals surface area contributed by atoms with Gasteiger partial charge in [-0.3, -0.25) is 0 Å². The summed E-state index contributed by atoms with van der Waals surface area (Å²) in [4.78, 5) is 12.9.